The zero-order chi connectivity index (χ0) is 52.2. The van der Waals surface area contributed by atoms with Crippen molar-refractivity contribution in [1.29, 1.82) is 0 Å². The molecule has 10 N–H and O–H groups in total. The van der Waals surface area contributed by atoms with E-state index in [-0.39, 0.29) is 11.8 Å². The summed E-state index contributed by atoms with van der Waals surface area (Å²) in [7, 11) is 0. The molecule has 0 unspecified atom stereocenters. The van der Waals surface area contributed by atoms with Gasteiger partial charge in [0.1, 0.15) is 22.4 Å². The number of aryl methyl sites for hydroxylation is 3. The first-order valence-electron chi connectivity index (χ1n) is 25.6. The van der Waals surface area contributed by atoms with E-state index >= 15 is 0 Å². The highest BCUT2D eigenvalue weighted by atomic mass is 16.2. The zero-order valence-electron chi connectivity index (χ0n) is 43.7. The van der Waals surface area contributed by atoms with E-state index in [1.165, 1.54) is 0 Å². The first-order valence-corrected chi connectivity index (χ1v) is 25.6. The van der Waals surface area contributed by atoms with Crippen molar-refractivity contribution in [1.82, 2.24) is 20.9 Å². The molecule has 12 nitrogen and oxygen atoms in total. The highest BCUT2D eigenvalue weighted by Crippen LogP contribution is 2.30. The third kappa shape index (κ3) is 13.8. The number of hydrogen-bond acceptors (Lipinski definition) is 8. The van der Waals surface area contributed by atoms with Crippen LogP contribution < -0.4 is 42.6 Å². The summed E-state index contributed by atoms with van der Waals surface area (Å²) in [6.07, 6.45) is 12.1. The predicted octanol–water partition coefficient (Wildman–Crippen LogP) is 11.1. The summed E-state index contributed by atoms with van der Waals surface area (Å²) in [5, 5.41) is 15.3. The minimum atomic E-state index is -0.0787. The van der Waals surface area contributed by atoms with Crippen LogP contribution in [0.3, 0.4) is 0 Å². The maximum Gasteiger partial charge on any atom is 0.251 e. The number of aliphatic imine (C=N–C) groups is 1. The van der Waals surface area contributed by atoms with E-state index in [9.17, 15) is 9.59 Å². The van der Waals surface area contributed by atoms with Crippen molar-refractivity contribution in [2.45, 2.75) is 92.9 Å². The van der Waals surface area contributed by atoms with Gasteiger partial charge in [0.15, 0.2) is 11.4 Å². The van der Waals surface area contributed by atoms with E-state index in [2.05, 4.69) is 83.7 Å². The van der Waals surface area contributed by atoms with Crippen molar-refractivity contribution in [3.8, 4) is 11.1 Å². The second kappa shape index (κ2) is 24.5. The van der Waals surface area contributed by atoms with Gasteiger partial charge in [-0.15, -0.1) is 0 Å². The lowest BCUT2D eigenvalue weighted by Crippen LogP contribution is -2.74. The fourth-order valence-electron chi connectivity index (χ4n) is 9.03. The fourth-order valence-corrected chi connectivity index (χ4v) is 9.03. The minimum absolute atomic E-state index is 0.0775. The number of rotatable bonds is 23. The van der Waals surface area contributed by atoms with Crippen molar-refractivity contribution >= 4 is 73.7 Å². The van der Waals surface area contributed by atoms with E-state index < -0.39 is 0 Å². The fraction of sp³-hybridized carbons (Fsp3) is 0.295. The molecule has 378 valence electrons. The Morgan fingerprint density at radius 3 is 1.70 bits per heavy atom. The third-order valence-corrected chi connectivity index (χ3v) is 13.3. The molecule has 0 saturated carbocycles. The molecule has 0 saturated heterocycles. The third-order valence-electron chi connectivity index (χ3n) is 13.3. The summed E-state index contributed by atoms with van der Waals surface area (Å²) in [5.41, 5.74) is 32.6. The summed E-state index contributed by atoms with van der Waals surface area (Å²) >= 11 is 0. The lowest BCUT2D eigenvalue weighted by atomic mass is 9.99. The van der Waals surface area contributed by atoms with Crippen LogP contribution in [0.5, 0.6) is 0 Å². The van der Waals surface area contributed by atoms with Crippen molar-refractivity contribution < 1.29 is 19.5 Å². The molecule has 0 atom stereocenters. The standard InChI is InChI=1S/C61H72N10O2/c1-38(2)68-55-35-49(62)40(5)30-54(55)69-53-33-42(7)51(32-44(53)9)64-26-14-10-12-16-28-66-60(72)47-22-18-45(19-23-47)46-20-24-48(25-21-46)61(73)67-29-17-13-11-15-27-65-52-37-59-57(34-43(52)8)70-56-31-41(6)50(63)36-58(56)71(59)39(3)4/h18-25,30-37,64,68H,1,3,9-17,26-29,62H2,2,4-8H3,(H4,63,65,66,67,72,73)/p+2. The molecule has 0 aliphatic heterocycles. The summed E-state index contributed by atoms with van der Waals surface area (Å²) < 4.78 is 2.14. The van der Waals surface area contributed by atoms with Gasteiger partial charge in [0.2, 0.25) is 11.0 Å². The molecule has 0 fully saturated rings. The van der Waals surface area contributed by atoms with Crippen LogP contribution in [0, 0.1) is 20.8 Å². The van der Waals surface area contributed by atoms with Gasteiger partial charge < -0.3 is 32.7 Å². The SMILES string of the molecule is C=C(C)[NH2+]c1cc(N)c(C)cc1N=C1C=C(C)C(NCCCCCCNC(=O)c2ccc(-c3ccc(C(=O)NCCCCCCNc4cc5c(cc4C)nc4cc(C)c(N)cc4[n+]5C(=C)C)cc3)cc2)=CC1=C. The van der Waals surface area contributed by atoms with Crippen LogP contribution in [-0.2, 0) is 0 Å². The number of nitrogens with two attached hydrogens (primary N) is 3. The Labute approximate surface area is 431 Å². The molecule has 0 spiro atoms. The Morgan fingerprint density at radius 1 is 0.630 bits per heavy atom. The second-order valence-corrected chi connectivity index (χ2v) is 19.6. The number of unbranched alkanes of at least 4 members (excludes halogenated alkanes) is 6. The van der Waals surface area contributed by atoms with Gasteiger partial charge >= 0.3 is 0 Å². The molecule has 1 heterocycles. The summed E-state index contributed by atoms with van der Waals surface area (Å²) in [4.78, 5) is 35.8. The topological polar surface area (TPSA) is 180 Å². The van der Waals surface area contributed by atoms with Gasteiger partial charge in [0, 0.05) is 92.1 Å². The second-order valence-electron chi connectivity index (χ2n) is 19.6. The Kier molecular flexibility index (Phi) is 17.8. The average molecular weight is 979 g/mol. The average Bonchev–Trinajstić information content (AvgIpc) is 3.35. The number of quaternary nitrogens is 1. The number of allylic oxidation sites excluding steroid dienone is 6. The molecule has 1 aromatic heterocycles. The number of carbonyl (C=O) groups excluding carboxylic acids is 2. The van der Waals surface area contributed by atoms with Gasteiger partial charge in [0.05, 0.1) is 5.71 Å². The van der Waals surface area contributed by atoms with Gasteiger partial charge in [-0.25, -0.2) is 9.98 Å². The highest BCUT2D eigenvalue weighted by Gasteiger charge is 2.21. The molecule has 0 radical (unpaired) electrons. The number of fused-ring (bicyclic) bond motifs is 2. The number of aromatic nitrogens is 2. The van der Waals surface area contributed by atoms with Gasteiger partial charge in [0.25, 0.3) is 11.8 Å². The lowest BCUT2D eigenvalue weighted by molar-refractivity contribution is -0.523. The molecule has 2 amide bonds. The molecule has 73 heavy (non-hydrogen) atoms. The highest BCUT2D eigenvalue weighted by molar-refractivity contribution is 6.13. The Hall–Kier alpha value is -7.83. The molecule has 1 aliphatic rings. The molecule has 12 heteroatoms. The van der Waals surface area contributed by atoms with Crippen molar-refractivity contribution in [2.24, 2.45) is 4.99 Å². The minimum Gasteiger partial charge on any atom is -0.398 e. The largest absolute Gasteiger partial charge is 0.398 e. The van der Waals surface area contributed by atoms with Gasteiger partial charge in [-0.2, -0.15) is 4.57 Å². The van der Waals surface area contributed by atoms with E-state index in [1.54, 1.807) is 0 Å². The number of amides is 2. The van der Waals surface area contributed by atoms with E-state index in [4.69, 9.17) is 21.4 Å². The monoisotopic (exact) mass is 979 g/mol. The molecular weight excluding hydrogens is 905 g/mol. The first kappa shape index (κ1) is 53.0. The maximum absolute atomic E-state index is 12.9. The number of nitrogens with one attached hydrogen (secondary N) is 4. The zero-order valence-corrected chi connectivity index (χ0v) is 43.7. The number of benzene rings is 5. The van der Waals surface area contributed by atoms with Crippen molar-refractivity contribution in [3.63, 3.8) is 0 Å². The quantitative estimate of drug-likeness (QED) is 0.0144. The molecule has 7 rings (SSSR count). The van der Waals surface area contributed by atoms with Crippen molar-refractivity contribution in [3.05, 3.63) is 167 Å². The van der Waals surface area contributed by atoms with Crippen LogP contribution in [0.2, 0.25) is 0 Å². The lowest BCUT2D eigenvalue weighted by Gasteiger charge is -2.18. The summed E-state index contributed by atoms with van der Waals surface area (Å²) in [6.45, 7) is 27.7. The van der Waals surface area contributed by atoms with E-state index in [0.717, 1.165) is 177 Å². The molecule has 5 aromatic carbocycles. The van der Waals surface area contributed by atoms with Crippen LogP contribution in [0.25, 0.3) is 38.9 Å². The van der Waals surface area contributed by atoms with Crippen LogP contribution in [0.4, 0.5) is 28.4 Å². The number of nitrogens with zero attached hydrogens (tertiary/aromatic N) is 3. The predicted molar refractivity (Wildman–Crippen MR) is 304 cm³/mol. The van der Waals surface area contributed by atoms with E-state index in [1.807, 2.05) is 106 Å². The summed E-state index contributed by atoms with van der Waals surface area (Å²) in [5.74, 6) is -0.156. The number of anilines is 3. The normalized spacial score (nSPS) is 13.0. The van der Waals surface area contributed by atoms with Gasteiger partial charge in [-0.05, 0) is 160 Å². The molecule has 0 bridgehead atoms. The van der Waals surface area contributed by atoms with Crippen LogP contribution >= 0.6 is 0 Å². The molecule has 6 aromatic rings. The number of nitrogen functional groups attached to an aromatic ring is 2. The van der Waals surface area contributed by atoms with Gasteiger partial charge in [-0.1, -0.05) is 56.5 Å². The molecular formula is C61H74N10O2+2. The number of carbonyl (C=O) groups is 2. The first-order chi connectivity index (χ1) is 35.1. The van der Waals surface area contributed by atoms with Gasteiger partial charge in [-0.3, -0.25) is 14.9 Å². The Bertz CT molecular complexity index is 3160. The Balaban J connectivity index is 0.757. The molecule has 1 aliphatic carbocycles. The van der Waals surface area contributed by atoms with Crippen molar-refractivity contribution in [2.75, 3.05) is 43.0 Å². The summed E-state index contributed by atoms with van der Waals surface area (Å²) in [6, 6.07) is 27.5. The Morgan fingerprint density at radius 2 is 1.14 bits per heavy atom. The smallest absolute Gasteiger partial charge is 0.251 e. The van der Waals surface area contributed by atoms with Crippen LogP contribution in [0.15, 0.2) is 144 Å². The van der Waals surface area contributed by atoms with Crippen LogP contribution in [-0.4, -0.2) is 48.7 Å². The maximum atomic E-state index is 12.9. The van der Waals surface area contributed by atoms with Crippen LogP contribution in [0.1, 0.15) is 110 Å². The van der Waals surface area contributed by atoms with E-state index in [0.29, 0.717) is 24.2 Å². The number of hydrogen-bond donors (Lipinski definition) is 7.